The first-order valence-corrected chi connectivity index (χ1v) is 9.94. The summed E-state index contributed by atoms with van der Waals surface area (Å²) in [5, 5.41) is 0.647. The second-order valence-corrected chi connectivity index (χ2v) is 7.81. The van der Waals surface area contributed by atoms with Gasteiger partial charge in [0, 0.05) is 31.7 Å². The molecule has 1 fully saturated rings. The fourth-order valence-electron chi connectivity index (χ4n) is 3.84. The Kier molecular flexibility index (Phi) is 5.11. The summed E-state index contributed by atoms with van der Waals surface area (Å²) < 4.78 is 0. The summed E-state index contributed by atoms with van der Waals surface area (Å²) in [6.07, 6.45) is 3.33. The van der Waals surface area contributed by atoms with Gasteiger partial charge in [-0.15, -0.1) is 0 Å². The molecule has 0 atom stereocenters. The summed E-state index contributed by atoms with van der Waals surface area (Å²) >= 11 is 12.2. The van der Waals surface area contributed by atoms with Crippen molar-refractivity contribution in [3.63, 3.8) is 0 Å². The van der Waals surface area contributed by atoms with Crippen molar-refractivity contribution in [2.75, 3.05) is 26.2 Å². The van der Waals surface area contributed by atoms with Crippen LogP contribution in [0.5, 0.6) is 0 Å². The van der Waals surface area contributed by atoms with Gasteiger partial charge < -0.3 is 9.80 Å². The molecular formula is C21H20Cl2N2O2. The molecule has 2 aliphatic rings. The number of rotatable bonds is 2. The van der Waals surface area contributed by atoms with Crippen molar-refractivity contribution in [2.45, 2.75) is 19.3 Å². The lowest BCUT2D eigenvalue weighted by molar-refractivity contribution is 0.0535. The van der Waals surface area contributed by atoms with E-state index in [9.17, 15) is 9.59 Å². The van der Waals surface area contributed by atoms with Crippen LogP contribution in [0.15, 0.2) is 36.4 Å². The molecule has 2 amide bonds. The molecule has 0 unspecified atom stereocenters. The highest BCUT2D eigenvalue weighted by Crippen LogP contribution is 2.27. The number of piperazine rings is 1. The standard InChI is InChI=1S/C21H20Cl2N2O2/c22-18-6-2-5-17(19(18)23)21(27)25-11-9-24(10-12-25)20(26)16-8-7-14-3-1-4-15(14)13-16/h2,5-8,13H,1,3-4,9-12H2. The Morgan fingerprint density at radius 1 is 0.815 bits per heavy atom. The Hall–Kier alpha value is -2.04. The monoisotopic (exact) mass is 402 g/mol. The van der Waals surface area contributed by atoms with Gasteiger partial charge in [-0.2, -0.15) is 0 Å². The SMILES string of the molecule is O=C(c1ccc2c(c1)CCC2)N1CCN(C(=O)c2cccc(Cl)c2Cl)CC1. The van der Waals surface area contributed by atoms with E-state index < -0.39 is 0 Å². The van der Waals surface area contributed by atoms with Crippen LogP contribution in [0.2, 0.25) is 10.0 Å². The van der Waals surface area contributed by atoms with Crippen molar-refractivity contribution in [1.29, 1.82) is 0 Å². The number of nitrogens with zero attached hydrogens (tertiary/aromatic N) is 2. The molecule has 0 saturated carbocycles. The van der Waals surface area contributed by atoms with Crippen molar-refractivity contribution >= 4 is 35.0 Å². The smallest absolute Gasteiger partial charge is 0.255 e. The fourth-order valence-corrected chi connectivity index (χ4v) is 4.22. The Morgan fingerprint density at radius 3 is 2.22 bits per heavy atom. The van der Waals surface area contributed by atoms with Gasteiger partial charge in [0.25, 0.3) is 11.8 Å². The number of carbonyl (C=O) groups is 2. The number of hydrogen-bond donors (Lipinski definition) is 0. The molecule has 0 N–H and O–H groups in total. The van der Waals surface area contributed by atoms with Gasteiger partial charge in [0.2, 0.25) is 0 Å². The number of halogens is 2. The highest BCUT2D eigenvalue weighted by Gasteiger charge is 2.27. The molecule has 0 radical (unpaired) electrons. The molecule has 1 aliphatic heterocycles. The first kappa shape index (κ1) is 18.3. The highest BCUT2D eigenvalue weighted by atomic mass is 35.5. The minimum atomic E-state index is -0.146. The average molecular weight is 403 g/mol. The minimum absolute atomic E-state index is 0.0394. The zero-order chi connectivity index (χ0) is 19.0. The number of carbonyl (C=O) groups excluding carboxylic acids is 2. The van der Waals surface area contributed by atoms with E-state index in [0.29, 0.717) is 36.8 Å². The van der Waals surface area contributed by atoms with Gasteiger partial charge in [0.1, 0.15) is 0 Å². The Morgan fingerprint density at radius 2 is 1.48 bits per heavy atom. The van der Waals surface area contributed by atoms with Crippen molar-refractivity contribution in [3.8, 4) is 0 Å². The molecule has 4 nitrogen and oxygen atoms in total. The summed E-state index contributed by atoms with van der Waals surface area (Å²) in [7, 11) is 0. The number of aryl methyl sites for hydroxylation is 2. The first-order valence-electron chi connectivity index (χ1n) is 9.19. The maximum atomic E-state index is 12.8. The molecule has 0 spiro atoms. The Labute approximate surface area is 168 Å². The lowest BCUT2D eigenvalue weighted by Crippen LogP contribution is -2.50. The van der Waals surface area contributed by atoms with Crippen molar-refractivity contribution in [2.24, 2.45) is 0 Å². The first-order chi connectivity index (χ1) is 13.0. The number of fused-ring (bicyclic) bond motifs is 1. The topological polar surface area (TPSA) is 40.6 Å². The quantitative estimate of drug-likeness (QED) is 0.758. The third kappa shape index (κ3) is 3.56. The zero-order valence-corrected chi connectivity index (χ0v) is 16.4. The van der Waals surface area contributed by atoms with Crippen LogP contribution in [0.25, 0.3) is 0 Å². The molecular weight excluding hydrogens is 383 g/mol. The lowest BCUT2D eigenvalue weighted by Gasteiger charge is -2.35. The average Bonchev–Trinajstić information content (AvgIpc) is 3.17. The molecule has 4 rings (SSSR count). The zero-order valence-electron chi connectivity index (χ0n) is 14.9. The van der Waals surface area contributed by atoms with Crippen LogP contribution in [0.1, 0.15) is 38.3 Å². The van der Waals surface area contributed by atoms with Crippen molar-refractivity contribution < 1.29 is 9.59 Å². The Bertz CT molecular complexity index is 905. The van der Waals surface area contributed by atoms with E-state index in [1.54, 1.807) is 23.1 Å². The van der Waals surface area contributed by atoms with Crippen LogP contribution in [-0.2, 0) is 12.8 Å². The summed E-state index contributed by atoms with van der Waals surface area (Å²) in [5.74, 6) is -0.107. The molecule has 0 bridgehead atoms. The predicted octanol–water partition coefficient (Wildman–Crippen LogP) is 4.08. The van der Waals surface area contributed by atoms with E-state index in [1.165, 1.54) is 17.5 Å². The summed E-state index contributed by atoms with van der Waals surface area (Å²) in [5.41, 5.74) is 3.81. The van der Waals surface area contributed by atoms with Gasteiger partial charge in [-0.05, 0) is 54.7 Å². The molecule has 6 heteroatoms. The van der Waals surface area contributed by atoms with Crippen LogP contribution < -0.4 is 0 Å². The van der Waals surface area contributed by atoms with Gasteiger partial charge in [0.15, 0.2) is 0 Å². The van der Waals surface area contributed by atoms with E-state index in [1.807, 2.05) is 17.0 Å². The maximum absolute atomic E-state index is 12.8. The fraction of sp³-hybridized carbons (Fsp3) is 0.333. The molecule has 0 aromatic heterocycles. The van der Waals surface area contributed by atoms with Crippen LogP contribution in [0, 0.1) is 0 Å². The van der Waals surface area contributed by atoms with Crippen molar-refractivity contribution in [1.82, 2.24) is 9.80 Å². The van der Waals surface area contributed by atoms with Gasteiger partial charge >= 0.3 is 0 Å². The van der Waals surface area contributed by atoms with Crippen LogP contribution in [0.3, 0.4) is 0 Å². The minimum Gasteiger partial charge on any atom is -0.335 e. The van der Waals surface area contributed by atoms with Crippen LogP contribution in [-0.4, -0.2) is 47.8 Å². The summed E-state index contributed by atoms with van der Waals surface area (Å²) in [6, 6.07) is 11.1. The molecule has 1 heterocycles. The second-order valence-electron chi connectivity index (χ2n) is 7.02. The summed E-state index contributed by atoms with van der Waals surface area (Å²) in [4.78, 5) is 29.1. The van der Waals surface area contributed by atoms with E-state index in [0.717, 1.165) is 18.4 Å². The van der Waals surface area contributed by atoms with Gasteiger partial charge in [-0.1, -0.05) is 35.3 Å². The molecule has 2 aromatic rings. The van der Waals surface area contributed by atoms with Crippen LogP contribution >= 0.6 is 23.2 Å². The van der Waals surface area contributed by atoms with E-state index >= 15 is 0 Å². The molecule has 27 heavy (non-hydrogen) atoms. The second kappa shape index (κ2) is 7.53. The molecule has 140 valence electrons. The Balaban J connectivity index is 1.42. The van der Waals surface area contributed by atoms with Crippen molar-refractivity contribution in [3.05, 3.63) is 68.7 Å². The van der Waals surface area contributed by atoms with Gasteiger partial charge in [-0.25, -0.2) is 0 Å². The van der Waals surface area contributed by atoms with Gasteiger partial charge in [-0.3, -0.25) is 9.59 Å². The van der Waals surface area contributed by atoms with E-state index in [-0.39, 0.29) is 16.8 Å². The van der Waals surface area contributed by atoms with Crippen LogP contribution in [0.4, 0.5) is 0 Å². The normalized spacial score (nSPS) is 16.4. The number of benzene rings is 2. The third-order valence-electron chi connectivity index (χ3n) is 5.38. The van der Waals surface area contributed by atoms with E-state index in [4.69, 9.17) is 23.2 Å². The lowest BCUT2D eigenvalue weighted by atomic mass is 10.1. The van der Waals surface area contributed by atoms with E-state index in [2.05, 4.69) is 6.07 Å². The number of hydrogen-bond acceptors (Lipinski definition) is 2. The number of amides is 2. The molecule has 2 aromatic carbocycles. The maximum Gasteiger partial charge on any atom is 0.255 e. The molecule has 1 saturated heterocycles. The molecule has 1 aliphatic carbocycles. The van der Waals surface area contributed by atoms with Gasteiger partial charge in [0.05, 0.1) is 15.6 Å². The third-order valence-corrected chi connectivity index (χ3v) is 6.20. The summed E-state index contributed by atoms with van der Waals surface area (Å²) in [6.45, 7) is 2.00. The predicted molar refractivity (Wildman–Crippen MR) is 107 cm³/mol. The largest absolute Gasteiger partial charge is 0.335 e. The highest BCUT2D eigenvalue weighted by molar-refractivity contribution is 6.43.